The molecule has 6 nitrogen and oxygen atoms in total. The van der Waals surface area contributed by atoms with Gasteiger partial charge in [0.05, 0.1) is 23.2 Å². The first-order valence-electron chi connectivity index (χ1n) is 5.59. The van der Waals surface area contributed by atoms with Crippen molar-refractivity contribution in [1.82, 2.24) is 4.98 Å². The summed E-state index contributed by atoms with van der Waals surface area (Å²) in [5.41, 5.74) is 3.17. The summed E-state index contributed by atoms with van der Waals surface area (Å²) in [5, 5.41) is 0. The number of hydrogen-bond acceptors (Lipinski definition) is 6. The maximum absolute atomic E-state index is 12.0. The fourth-order valence-corrected chi connectivity index (χ4v) is 5.48. The van der Waals surface area contributed by atoms with Crippen LogP contribution in [0.1, 0.15) is 11.1 Å². The van der Waals surface area contributed by atoms with E-state index >= 15 is 0 Å². The average molecular weight is 330 g/mol. The highest BCUT2D eigenvalue weighted by molar-refractivity contribution is 7.94. The minimum absolute atomic E-state index is 0.0181. The second kappa shape index (κ2) is 4.54. The third-order valence-electron chi connectivity index (χ3n) is 2.88. The summed E-state index contributed by atoms with van der Waals surface area (Å²) in [6.45, 7) is 0. The topological polar surface area (TPSA) is 93.2 Å². The van der Waals surface area contributed by atoms with Gasteiger partial charge in [0.25, 0.3) is 10.0 Å². The lowest BCUT2D eigenvalue weighted by molar-refractivity contribution is 0.597. The van der Waals surface area contributed by atoms with E-state index in [0.29, 0.717) is 11.3 Å². The van der Waals surface area contributed by atoms with Crippen LogP contribution < -0.4 is 4.72 Å². The van der Waals surface area contributed by atoms with Crippen molar-refractivity contribution in [2.24, 2.45) is 0 Å². The van der Waals surface area contributed by atoms with Crippen LogP contribution in [0.4, 0.5) is 5.69 Å². The molecule has 2 heterocycles. The molecule has 1 N–H and O–H groups in total. The Kier molecular flexibility index (Phi) is 3.07. The van der Waals surface area contributed by atoms with Crippen LogP contribution in [0.3, 0.4) is 0 Å². The molecule has 0 amide bonds. The van der Waals surface area contributed by atoms with E-state index in [9.17, 15) is 16.8 Å². The number of nitrogens with zero attached hydrogens (tertiary/aromatic N) is 1. The van der Waals surface area contributed by atoms with Crippen molar-refractivity contribution in [3.8, 4) is 0 Å². The fourth-order valence-electron chi connectivity index (χ4n) is 2.03. The van der Waals surface area contributed by atoms with Gasteiger partial charge in [0.1, 0.15) is 0 Å². The van der Waals surface area contributed by atoms with Crippen molar-refractivity contribution in [2.45, 2.75) is 15.7 Å². The zero-order chi connectivity index (χ0) is 14.4. The molecule has 9 heteroatoms. The second-order valence-corrected chi connectivity index (χ2v) is 9.30. The summed E-state index contributed by atoms with van der Waals surface area (Å²) in [6, 6.07) is 4.78. The van der Waals surface area contributed by atoms with Crippen molar-refractivity contribution >= 4 is 36.9 Å². The Morgan fingerprint density at radius 2 is 1.95 bits per heavy atom. The van der Waals surface area contributed by atoms with E-state index in [4.69, 9.17) is 0 Å². The van der Waals surface area contributed by atoms with E-state index < -0.39 is 19.9 Å². The molecule has 0 spiro atoms. The minimum Gasteiger partial charge on any atom is -0.279 e. The first-order chi connectivity index (χ1) is 9.36. The van der Waals surface area contributed by atoms with Crippen molar-refractivity contribution in [1.29, 1.82) is 0 Å². The number of nitrogens with one attached hydrogen (secondary N) is 1. The molecule has 0 fully saturated rings. The Labute approximate surface area is 120 Å². The average Bonchev–Trinajstić information content (AvgIpc) is 2.93. The molecule has 1 aromatic heterocycles. The Morgan fingerprint density at radius 3 is 2.65 bits per heavy atom. The second-order valence-electron chi connectivity index (χ2n) is 4.44. The van der Waals surface area contributed by atoms with E-state index in [0.717, 1.165) is 16.9 Å². The van der Waals surface area contributed by atoms with Crippen molar-refractivity contribution in [3.63, 3.8) is 0 Å². The summed E-state index contributed by atoms with van der Waals surface area (Å²) < 4.78 is 49.7. The summed E-state index contributed by atoms with van der Waals surface area (Å²) in [4.78, 5) is 3.73. The van der Waals surface area contributed by atoms with Crippen LogP contribution in [0.15, 0.2) is 34.1 Å². The Hall–Kier alpha value is -1.45. The van der Waals surface area contributed by atoms with Gasteiger partial charge in [0, 0.05) is 5.69 Å². The van der Waals surface area contributed by atoms with Gasteiger partial charge in [-0.05, 0) is 23.3 Å². The van der Waals surface area contributed by atoms with E-state index in [1.165, 1.54) is 11.7 Å². The molecule has 0 aliphatic carbocycles. The number of rotatable bonds is 3. The van der Waals surface area contributed by atoms with Gasteiger partial charge in [-0.25, -0.2) is 16.8 Å². The SMILES string of the molecule is O=S1(=O)Cc2ccc(NS(=O)(=O)c3cncs3)cc2C1. The number of fused-ring (bicyclic) bond motifs is 1. The van der Waals surface area contributed by atoms with Crippen molar-refractivity contribution in [2.75, 3.05) is 4.72 Å². The summed E-state index contributed by atoms with van der Waals surface area (Å²) >= 11 is 1.02. The molecular formula is C11H10N2O4S3. The van der Waals surface area contributed by atoms with Gasteiger partial charge >= 0.3 is 0 Å². The van der Waals surface area contributed by atoms with E-state index in [2.05, 4.69) is 9.71 Å². The van der Waals surface area contributed by atoms with Crippen LogP contribution in [0, 0.1) is 0 Å². The number of anilines is 1. The minimum atomic E-state index is -3.66. The van der Waals surface area contributed by atoms with Gasteiger partial charge in [-0.2, -0.15) is 0 Å². The van der Waals surface area contributed by atoms with Gasteiger partial charge in [0.2, 0.25) is 0 Å². The van der Waals surface area contributed by atoms with Crippen LogP contribution in [-0.2, 0) is 31.4 Å². The largest absolute Gasteiger partial charge is 0.279 e. The van der Waals surface area contributed by atoms with Crippen LogP contribution >= 0.6 is 11.3 Å². The molecule has 1 aliphatic rings. The number of sulfone groups is 1. The van der Waals surface area contributed by atoms with Crippen LogP contribution in [0.25, 0.3) is 0 Å². The number of benzene rings is 1. The number of aromatic nitrogens is 1. The molecule has 0 atom stereocenters. The summed E-state index contributed by atoms with van der Waals surface area (Å²) in [6.07, 6.45) is 1.27. The van der Waals surface area contributed by atoms with Crippen LogP contribution in [-0.4, -0.2) is 21.8 Å². The van der Waals surface area contributed by atoms with E-state index in [1.807, 2.05) is 0 Å². The fraction of sp³-hybridized carbons (Fsp3) is 0.182. The number of thiazole rings is 1. The van der Waals surface area contributed by atoms with Crippen LogP contribution in [0.5, 0.6) is 0 Å². The lowest BCUT2D eigenvalue weighted by atomic mass is 10.1. The van der Waals surface area contributed by atoms with E-state index in [-0.39, 0.29) is 15.7 Å². The summed E-state index contributed by atoms with van der Waals surface area (Å²) in [7, 11) is -6.75. The van der Waals surface area contributed by atoms with Gasteiger partial charge in [0.15, 0.2) is 14.0 Å². The van der Waals surface area contributed by atoms with Crippen molar-refractivity contribution in [3.05, 3.63) is 41.0 Å². The first-order valence-corrected chi connectivity index (χ1v) is 9.78. The number of hydrogen-bond donors (Lipinski definition) is 1. The van der Waals surface area contributed by atoms with Crippen LogP contribution in [0.2, 0.25) is 0 Å². The lowest BCUT2D eigenvalue weighted by Gasteiger charge is -2.07. The highest BCUT2D eigenvalue weighted by Gasteiger charge is 2.25. The Balaban J connectivity index is 1.91. The molecule has 0 saturated heterocycles. The zero-order valence-corrected chi connectivity index (χ0v) is 12.6. The molecule has 3 rings (SSSR count). The normalized spacial score (nSPS) is 16.8. The van der Waals surface area contributed by atoms with E-state index in [1.54, 1.807) is 18.2 Å². The molecule has 0 saturated carbocycles. The predicted octanol–water partition coefficient (Wildman–Crippen LogP) is 1.37. The van der Waals surface area contributed by atoms with Gasteiger partial charge in [-0.1, -0.05) is 6.07 Å². The molecule has 2 aromatic rings. The number of sulfonamides is 1. The first kappa shape index (κ1) is 13.5. The standard InChI is InChI=1S/C11H10N2O4S3/c14-19(15)5-8-1-2-10(3-9(8)6-19)13-20(16,17)11-4-12-7-18-11/h1-4,7,13H,5-6H2. The molecule has 1 aliphatic heterocycles. The molecular weight excluding hydrogens is 320 g/mol. The Bertz CT molecular complexity index is 855. The molecule has 0 unspecified atom stereocenters. The molecule has 0 radical (unpaired) electrons. The quantitative estimate of drug-likeness (QED) is 0.917. The van der Waals surface area contributed by atoms with Crippen molar-refractivity contribution < 1.29 is 16.8 Å². The third-order valence-corrected chi connectivity index (χ3v) is 7.04. The molecule has 106 valence electrons. The lowest BCUT2D eigenvalue weighted by Crippen LogP contribution is -2.11. The van der Waals surface area contributed by atoms with Gasteiger partial charge in [-0.15, -0.1) is 11.3 Å². The smallest absolute Gasteiger partial charge is 0.273 e. The highest BCUT2D eigenvalue weighted by Crippen LogP contribution is 2.28. The maximum atomic E-state index is 12.0. The zero-order valence-electron chi connectivity index (χ0n) is 10.1. The Morgan fingerprint density at radius 1 is 1.20 bits per heavy atom. The van der Waals surface area contributed by atoms with Gasteiger partial charge < -0.3 is 0 Å². The molecule has 20 heavy (non-hydrogen) atoms. The van der Waals surface area contributed by atoms with Gasteiger partial charge in [-0.3, -0.25) is 9.71 Å². The third kappa shape index (κ3) is 2.56. The monoisotopic (exact) mass is 330 g/mol. The highest BCUT2D eigenvalue weighted by atomic mass is 32.2. The summed E-state index contributed by atoms with van der Waals surface area (Å²) in [5.74, 6) is -0.0251. The maximum Gasteiger partial charge on any atom is 0.273 e. The predicted molar refractivity (Wildman–Crippen MR) is 75.7 cm³/mol. The molecule has 1 aromatic carbocycles. The molecule has 0 bridgehead atoms.